The maximum Gasteiger partial charge on any atom is 0.230 e. The van der Waals surface area contributed by atoms with Gasteiger partial charge in [-0.25, -0.2) is 0 Å². The number of amides is 2. The summed E-state index contributed by atoms with van der Waals surface area (Å²) >= 11 is 0. The van der Waals surface area contributed by atoms with Crippen LogP contribution < -0.4 is 10.2 Å². The van der Waals surface area contributed by atoms with Crippen LogP contribution in [0.25, 0.3) is 0 Å². The van der Waals surface area contributed by atoms with Crippen molar-refractivity contribution in [2.75, 3.05) is 18.0 Å². The molecule has 0 aliphatic heterocycles. The van der Waals surface area contributed by atoms with Crippen molar-refractivity contribution >= 4 is 17.5 Å². The van der Waals surface area contributed by atoms with Crippen molar-refractivity contribution in [3.8, 4) is 0 Å². The number of benzene rings is 1. The van der Waals surface area contributed by atoms with Gasteiger partial charge < -0.3 is 10.2 Å². The number of anilines is 1. The van der Waals surface area contributed by atoms with Gasteiger partial charge in [-0.2, -0.15) is 0 Å². The third-order valence-electron chi connectivity index (χ3n) is 5.42. The summed E-state index contributed by atoms with van der Waals surface area (Å²) in [5.41, 5.74) is 2.14. The number of carbonyl (C=O) groups excluding carboxylic acids is 2. The molecule has 1 aromatic carbocycles. The normalized spacial score (nSPS) is 19.8. The van der Waals surface area contributed by atoms with Crippen LogP contribution in [0.5, 0.6) is 0 Å². The summed E-state index contributed by atoms with van der Waals surface area (Å²) in [6, 6.07) is 8.12. The SMILES string of the molecule is CCCCCNC(=O)C1CCC(C(=O)N(CC)c2cccc(C)c2)CC1. The first-order chi connectivity index (χ1) is 12.6. The topological polar surface area (TPSA) is 49.4 Å². The summed E-state index contributed by atoms with van der Waals surface area (Å²) in [6.45, 7) is 7.70. The van der Waals surface area contributed by atoms with Crippen LogP contribution in [0.2, 0.25) is 0 Å². The Bertz CT molecular complexity index is 592. The Hall–Kier alpha value is -1.84. The number of nitrogens with one attached hydrogen (secondary N) is 1. The average molecular weight is 359 g/mol. The van der Waals surface area contributed by atoms with Crippen LogP contribution in [0.15, 0.2) is 24.3 Å². The van der Waals surface area contributed by atoms with E-state index in [1.165, 1.54) is 0 Å². The molecule has 0 bridgehead atoms. The summed E-state index contributed by atoms with van der Waals surface area (Å²) in [5.74, 6) is 0.507. The molecular formula is C22H34N2O2. The Labute approximate surface area is 158 Å². The van der Waals surface area contributed by atoms with E-state index in [2.05, 4.69) is 18.3 Å². The molecule has 0 radical (unpaired) electrons. The molecule has 4 nitrogen and oxygen atoms in total. The highest BCUT2D eigenvalue weighted by atomic mass is 16.2. The second-order valence-corrected chi connectivity index (χ2v) is 7.47. The Balaban J connectivity index is 1.86. The monoisotopic (exact) mass is 358 g/mol. The smallest absolute Gasteiger partial charge is 0.230 e. The average Bonchev–Trinajstić information content (AvgIpc) is 2.66. The molecule has 0 atom stereocenters. The molecule has 1 aromatic rings. The fourth-order valence-electron chi connectivity index (χ4n) is 3.82. The van der Waals surface area contributed by atoms with Crippen LogP contribution in [0, 0.1) is 18.8 Å². The molecule has 0 saturated heterocycles. The van der Waals surface area contributed by atoms with Crippen molar-refractivity contribution in [1.29, 1.82) is 0 Å². The van der Waals surface area contributed by atoms with Gasteiger partial charge in [-0.05, 0) is 63.6 Å². The number of nitrogens with zero attached hydrogens (tertiary/aromatic N) is 1. The van der Waals surface area contributed by atoms with Crippen molar-refractivity contribution in [3.63, 3.8) is 0 Å². The Morgan fingerprint density at radius 3 is 2.38 bits per heavy atom. The first-order valence-corrected chi connectivity index (χ1v) is 10.2. The van der Waals surface area contributed by atoms with Crippen LogP contribution >= 0.6 is 0 Å². The van der Waals surface area contributed by atoms with Gasteiger partial charge in [0.1, 0.15) is 0 Å². The molecule has 1 fully saturated rings. The Morgan fingerprint density at radius 2 is 1.77 bits per heavy atom. The number of rotatable bonds is 8. The van der Waals surface area contributed by atoms with Gasteiger partial charge in [0, 0.05) is 30.6 Å². The fourth-order valence-corrected chi connectivity index (χ4v) is 3.82. The number of aryl methyl sites for hydroxylation is 1. The molecule has 1 saturated carbocycles. The lowest BCUT2D eigenvalue weighted by Crippen LogP contribution is -2.40. The number of hydrogen-bond acceptors (Lipinski definition) is 2. The molecule has 1 N–H and O–H groups in total. The maximum atomic E-state index is 13.0. The van der Waals surface area contributed by atoms with E-state index in [1.807, 2.05) is 36.9 Å². The maximum absolute atomic E-state index is 13.0. The molecule has 1 aliphatic carbocycles. The van der Waals surface area contributed by atoms with Crippen LogP contribution in [0.1, 0.15) is 64.4 Å². The van der Waals surface area contributed by atoms with Crippen LogP contribution in [0.4, 0.5) is 5.69 Å². The van der Waals surface area contributed by atoms with Crippen molar-refractivity contribution in [2.45, 2.75) is 65.7 Å². The summed E-state index contributed by atoms with van der Waals surface area (Å²) in [4.78, 5) is 27.2. The lowest BCUT2D eigenvalue weighted by molar-refractivity contribution is -0.129. The summed E-state index contributed by atoms with van der Waals surface area (Å²) in [7, 11) is 0. The first-order valence-electron chi connectivity index (χ1n) is 10.2. The summed E-state index contributed by atoms with van der Waals surface area (Å²) < 4.78 is 0. The Kier molecular flexibility index (Phi) is 8.14. The van der Waals surface area contributed by atoms with E-state index >= 15 is 0 Å². The summed E-state index contributed by atoms with van der Waals surface area (Å²) in [5, 5.41) is 3.06. The minimum atomic E-state index is 0.0413. The van der Waals surface area contributed by atoms with Gasteiger partial charge in [0.05, 0.1) is 0 Å². The minimum Gasteiger partial charge on any atom is -0.356 e. The molecule has 2 amide bonds. The number of carbonyl (C=O) groups is 2. The van der Waals surface area contributed by atoms with Crippen LogP contribution in [-0.4, -0.2) is 24.9 Å². The lowest BCUT2D eigenvalue weighted by Gasteiger charge is -2.31. The highest BCUT2D eigenvalue weighted by Gasteiger charge is 2.32. The molecule has 0 aromatic heterocycles. The lowest BCUT2D eigenvalue weighted by atomic mass is 9.80. The molecule has 2 rings (SSSR count). The van der Waals surface area contributed by atoms with E-state index in [0.29, 0.717) is 6.54 Å². The van der Waals surface area contributed by atoms with Gasteiger partial charge in [-0.1, -0.05) is 31.9 Å². The predicted molar refractivity (Wildman–Crippen MR) is 107 cm³/mol. The number of unbranched alkanes of at least 4 members (excludes halogenated alkanes) is 2. The van der Waals surface area contributed by atoms with Crippen molar-refractivity contribution in [3.05, 3.63) is 29.8 Å². The van der Waals surface area contributed by atoms with Gasteiger partial charge in [0.15, 0.2) is 0 Å². The quantitative estimate of drug-likeness (QED) is 0.698. The standard InChI is InChI=1S/C22H34N2O2/c1-4-6-7-15-23-21(25)18-11-13-19(14-12-18)22(26)24(5-2)20-10-8-9-17(3)16-20/h8-10,16,18-19H,4-7,11-15H2,1-3H3,(H,23,25). The van der Waals surface area contributed by atoms with E-state index in [1.54, 1.807) is 0 Å². The highest BCUT2D eigenvalue weighted by Crippen LogP contribution is 2.31. The largest absolute Gasteiger partial charge is 0.356 e. The van der Waals surface area contributed by atoms with Crippen LogP contribution in [-0.2, 0) is 9.59 Å². The van der Waals surface area contributed by atoms with Gasteiger partial charge in [0.25, 0.3) is 0 Å². The second kappa shape index (κ2) is 10.3. The summed E-state index contributed by atoms with van der Waals surface area (Å²) in [6.07, 6.45) is 6.65. The van der Waals surface area contributed by atoms with Gasteiger partial charge in [0.2, 0.25) is 11.8 Å². The molecule has 0 unspecified atom stereocenters. The molecule has 0 heterocycles. The first kappa shape index (κ1) is 20.5. The van der Waals surface area contributed by atoms with Gasteiger partial charge in [-0.3, -0.25) is 9.59 Å². The fraction of sp³-hybridized carbons (Fsp3) is 0.636. The van der Waals surface area contributed by atoms with Crippen LogP contribution in [0.3, 0.4) is 0 Å². The molecule has 1 aliphatic rings. The van der Waals surface area contributed by atoms with Crippen molar-refractivity contribution in [1.82, 2.24) is 5.32 Å². The second-order valence-electron chi connectivity index (χ2n) is 7.47. The third kappa shape index (κ3) is 5.58. The van der Waals surface area contributed by atoms with E-state index in [0.717, 1.165) is 62.7 Å². The van der Waals surface area contributed by atoms with E-state index in [4.69, 9.17) is 0 Å². The zero-order valence-corrected chi connectivity index (χ0v) is 16.6. The van der Waals surface area contributed by atoms with Crippen molar-refractivity contribution < 1.29 is 9.59 Å². The molecule has 4 heteroatoms. The highest BCUT2D eigenvalue weighted by molar-refractivity contribution is 5.95. The predicted octanol–water partition coefficient (Wildman–Crippen LogP) is 4.46. The van der Waals surface area contributed by atoms with E-state index in [-0.39, 0.29) is 23.7 Å². The van der Waals surface area contributed by atoms with Gasteiger partial charge in [-0.15, -0.1) is 0 Å². The molecular weight excluding hydrogens is 324 g/mol. The Morgan fingerprint density at radius 1 is 1.08 bits per heavy atom. The molecule has 144 valence electrons. The van der Waals surface area contributed by atoms with E-state index < -0.39 is 0 Å². The van der Waals surface area contributed by atoms with Gasteiger partial charge >= 0.3 is 0 Å². The minimum absolute atomic E-state index is 0.0413. The number of hydrogen-bond donors (Lipinski definition) is 1. The van der Waals surface area contributed by atoms with Crippen molar-refractivity contribution in [2.24, 2.45) is 11.8 Å². The third-order valence-corrected chi connectivity index (χ3v) is 5.42. The molecule has 26 heavy (non-hydrogen) atoms. The molecule has 0 spiro atoms. The zero-order chi connectivity index (χ0) is 18.9. The van der Waals surface area contributed by atoms with E-state index in [9.17, 15) is 9.59 Å². The zero-order valence-electron chi connectivity index (χ0n) is 16.6.